The number of halogens is 1. The molecule has 0 fully saturated rings. The van der Waals surface area contributed by atoms with Crippen molar-refractivity contribution in [1.82, 2.24) is 5.32 Å². The minimum Gasteiger partial charge on any atom is -0.464 e. The van der Waals surface area contributed by atoms with Crippen LogP contribution in [0.5, 0.6) is 0 Å². The molecule has 1 heterocycles. The quantitative estimate of drug-likeness (QED) is 0.648. The Morgan fingerprint density at radius 2 is 2.00 bits per heavy atom. The average Bonchev–Trinajstić information content (AvgIpc) is 3.05. The molecule has 3 rings (SSSR count). The van der Waals surface area contributed by atoms with Gasteiger partial charge in [-0.15, -0.1) is 0 Å². The molecule has 0 saturated heterocycles. The fraction of sp³-hybridized carbons (Fsp3) is 0.238. The minimum atomic E-state index is -0.478. The van der Waals surface area contributed by atoms with Crippen LogP contribution >= 0.6 is 11.6 Å². The number of hydrogen-bond donors (Lipinski definition) is 1. The molecule has 0 aliphatic rings. The third-order valence-corrected chi connectivity index (χ3v) is 4.65. The maximum absolute atomic E-state index is 12.1. The van der Waals surface area contributed by atoms with Crippen LogP contribution in [0.2, 0.25) is 5.02 Å². The van der Waals surface area contributed by atoms with Crippen molar-refractivity contribution in [3.63, 3.8) is 0 Å². The third-order valence-electron chi connectivity index (χ3n) is 4.42. The normalized spacial score (nSPS) is 10.8. The first-order chi connectivity index (χ1) is 12.9. The summed E-state index contributed by atoms with van der Waals surface area (Å²) in [6.45, 7) is 3.98. The Hall–Kier alpha value is -2.79. The van der Waals surface area contributed by atoms with Crippen LogP contribution in [0.4, 0.5) is 0 Å². The highest BCUT2D eigenvalue weighted by Crippen LogP contribution is 2.26. The van der Waals surface area contributed by atoms with E-state index in [0.29, 0.717) is 11.6 Å². The molecule has 0 spiro atoms. The number of nitrogens with one attached hydrogen (secondary N) is 1. The predicted molar refractivity (Wildman–Crippen MR) is 104 cm³/mol. The van der Waals surface area contributed by atoms with Crippen LogP contribution in [0, 0.1) is 13.8 Å². The molecule has 0 atom stereocenters. The summed E-state index contributed by atoms with van der Waals surface area (Å²) in [6.07, 6.45) is 1.62. The zero-order valence-corrected chi connectivity index (χ0v) is 15.9. The van der Waals surface area contributed by atoms with E-state index in [1.54, 1.807) is 18.4 Å². The highest BCUT2D eigenvalue weighted by molar-refractivity contribution is 6.30. The predicted octanol–water partition coefficient (Wildman–Crippen LogP) is 4.11. The molecule has 5 nitrogen and oxygen atoms in total. The van der Waals surface area contributed by atoms with E-state index in [0.717, 1.165) is 33.2 Å². The second-order valence-electron chi connectivity index (χ2n) is 6.39. The summed E-state index contributed by atoms with van der Waals surface area (Å²) in [5.41, 5.74) is 4.57. The van der Waals surface area contributed by atoms with Gasteiger partial charge in [0, 0.05) is 22.5 Å². The topological polar surface area (TPSA) is 68.5 Å². The molecule has 0 aliphatic carbocycles. The number of aryl methyl sites for hydroxylation is 2. The van der Waals surface area contributed by atoms with Crippen LogP contribution in [-0.2, 0) is 27.3 Å². The summed E-state index contributed by atoms with van der Waals surface area (Å²) in [5.74, 6) is -0.847. The van der Waals surface area contributed by atoms with Gasteiger partial charge < -0.3 is 14.5 Å². The molecule has 2 aromatic carbocycles. The van der Waals surface area contributed by atoms with Crippen LogP contribution in [0.1, 0.15) is 22.3 Å². The van der Waals surface area contributed by atoms with Gasteiger partial charge in [0.1, 0.15) is 5.58 Å². The fourth-order valence-corrected chi connectivity index (χ4v) is 2.99. The molecule has 1 N–H and O–H groups in total. The number of hydrogen-bond acceptors (Lipinski definition) is 4. The molecule has 0 saturated carbocycles. The summed E-state index contributed by atoms with van der Waals surface area (Å²) in [6, 6.07) is 11.1. The molecule has 140 valence electrons. The SMILES string of the molecule is Cc1ccc2c(CC(=O)OCC(=O)NCc3cccc(Cl)c3)coc2c1C. The van der Waals surface area contributed by atoms with Crippen LogP contribution in [0.25, 0.3) is 11.0 Å². The molecule has 27 heavy (non-hydrogen) atoms. The lowest BCUT2D eigenvalue weighted by Gasteiger charge is -2.07. The van der Waals surface area contributed by atoms with Gasteiger partial charge in [0.25, 0.3) is 5.91 Å². The highest BCUT2D eigenvalue weighted by Gasteiger charge is 2.14. The lowest BCUT2D eigenvalue weighted by atomic mass is 10.0. The second-order valence-corrected chi connectivity index (χ2v) is 6.83. The molecule has 3 aromatic rings. The van der Waals surface area contributed by atoms with Gasteiger partial charge in [-0.05, 0) is 42.7 Å². The Kier molecular flexibility index (Phi) is 5.81. The standard InChI is InChI=1S/C21H20ClNO4/c1-13-6-7-18-16(11-27-21(18)14(13)2)9-20(25)26-12-19(24)23-10-15-4-3-5-17(22)8-15/h3-8,11H,9-10,12H2,1-2H3,(H,23,24). The smallest absolute Gasteiger partial charge is 0.310 e. The summed E-state index contributed by atoms with van der Waals surface area (Å²) in [5, 5.41) is 4.18. The van der Waals surface area contributed by atoms with Gasteiger partial charge in [0.2, 0.25) is 0 Å². The zero-order valence-electron chi connectivity index (χ0n) is 15.2. The number of rotatable bonds is 6. The van der Waals surface area contributed by atoms with E-state index in [1.165, 1.54) is 0 Å². The van der Waals surface area contributed by atoms with Crippen molar-refractivity contribution in [2.45, 2.75) is 26.8 Å². The lowest BCUT2D eigenvalue weighted by molar-refractivity contribution is -0.147. The average molecular weight is 386 g/mol. The van der Waals surface area contributed by atoms with Gasteiger partial charge in [-0.1, -0.05) is 35.9 Å². The molecule has 0 unspecified atom stereocenters. The fourth-order valence-electron chi connectivity index (χ4n) is 2.78. The molecular formula is C21H20ClNO4. The maximum Gasteiger partial charge on any atom is 0.310 e. The number of amides is 1. The third kappa shape index (κ3) is 4.68. The van der Waals surface area contributed by atoms with E-state index < -0.39 is 5.97 Å². The first-order valence-corrected chi connectivity index (χ1v) is 8.95. The Morgan fingerprint density at radius 3 is 2.78 bits per heavy atom. The molecular weight excluding hydrogens is 366 g/mol. The van der Waals surface area contributed by atoms with Gasteiger partial charge in [0.05, 0.1) is 12.7 Å². The highest BCUT2D eigenvalue weighted by atomic mass is 35.5. The summed E-state index contributed by atoms with van der Waals surface area (Å²) in [7, 11) is 0. The molecule has 6 heteroatoms. The minimum absolute atomic E-state index is 0.0527. The Balaban J connectivity index is 1.51. The Morgan fingerprint density at radius 1 is 1.19 bits per heavy atom. The van der Waals surface area contributed by atoms with E-state index in [9.17, 15) is 9.59 Å². The number of carbonyl (C=O) groups excluding carboxylic acids is 2. The van der Waals surface area contributed by atoms with Crippen molar-refractivity contribution >= 4 is 34.4 Å². The molecule has 0 bridgehead atoms. The van der Waals surface area contributed by atoms with Crippen molar-refractivity contribution < 1.29 is 18.7 Å². The summed E-state index contributed by atoms with van der Waals surface area (Å²) in [4.78, 5) is 23.9. The van der Waals surface area contributed by atoms with Crippen molar-refractivity contribution in [2.75, 3.05) is 6.61 Å². The summed E-state index contributed by atoms with van der Waals surface area (Å²) >= 11 is 5.90. The second kappa shape index (κ2) is 8.27. The first-order valence-electron chi connectivity index (χ1n) is 8.57. The van der Waals surface area contributed by atoms with Gasteiger partial charge in [-0.2, -0.15) is 0 Å². The summed E-state index contributed by atoms with van der Waals surface area (Å²) < 4.78 is 10.7. The zero-order chi connectivity index (χ0) is 19.4. The molecule has 0 aliphatic heterocycles. The number of furan rings is 1. The van der Waals surface area contributed by atoms with Gasteiger partial charge in [0.15, 0.2) is 6.61 Å². The number of fused-ring (bicyclic) bond motifs is 1. The van der Waals surface area contributed by atoms with E-state index in [1.807, 2.05) is 38.1 Å². The maximum atomic E-state index is 12.1. The van der Waals surface area contributed by atoms with Crippen molar-refractivity contribution in [3.05, 3.63) is 69.9 Å². The van der Waals surface area contributed by atoms with Crippen molar-refractivity contribution in [3.8, 4) is 0 Å². The number of benzene rings is 2. The van der Waals surface area contributed by atoms with E-state index >= 15 is 0 Å². The Labute approximate surface area is 162 Å². The number of esters is 1. The molecule has 1 amide bonds. The lowest BCUT2D eigenvalue weighted by Crippen LogP contribution is -2.28. The largest absolute Gasteiger partial charge is 0.464 e. The first kappa shape index (κ1) is 19.0. The number of carbonyl (C=O) groups is 2. The van der Waals surface area contributed by atoms with E-state index in [4.69, 9.17) is 20.8 Å². The van der Waals surface area contributed by atoms with Crippen LogP contribution < -0.4 is 5.32 Å². The van der Waals surface area contributed by atoms with Crippen LogP contribution in [-0.4, -0.2) is 18.5 Å². The Bertz CT molecular complexity index is 993. The van der Waals surface area contributed by atoms with Gasteiger partial charge in [-0.3, -0.25) is 9.59 Å². The molecule has 0 radical (unpaired) electrons. The van der Waals surface area contributed by atoms with Gasteiger partial charge >= 0.3 is 5.97 Å². The van der Waals surface area contributed by atoms with E-state index in [2.05, 4.69) is 5.32 Å². The van der Waals surface area contributed by atoms with Crippen LogP contribution in [0.3, 0.4) is 0 Å². The number of ether oxygens (including phenoxy) is 1. The van der Waals surface area contributed by atoms with Crippen molar-refractivity contribution in [2.24, 2.45) is 0 Å². The van der Waals surface area contributed by atoms with E-state index in [-0.39, 0.29) is 18.9 Å². The molecule has 1 aromatic heterocycles. The monoisotopic (exact) mass is 385 g/mol. The van der Waals surface area contributed by atoms with Crippen LogP contribution in [0.15, 0.2) is 47.1 Å². The van der Waals surface area contributed by atoms with Gasteiger partial charge in [-0.25, -0.2) is 0 Å². The van der Waals surface area contributed by atoms with Crippen molar-refractivity contribution in [1.29, 1.82) is 0 Å².